The van der Waals surface area contributed by atoms with E-state index in [4.69, 9.17) is 0 Å². The van der Waals surface area contributed by atoms with E-state index in [1.807, 2.05) is 48.5 Å². The minimum atomic E-state index is -0.499. The van der Waals surface area contributed by atoms with Crippen molar-refractivity contribution < 1.29 is 9.58 Å². The molecule has 2 aliphatic carbocycles. The number of nitrogens with zero attached hydrogens (tertiary/aromatic N) is 3. The van der Waals surface area contributed by atoms with E-state index in [1.54, 1.807) is 6.20 Å². The van der Waals surface area contributed by atoms with Gasteiger partial charge in [0.05, 0.1) is 17.0 Å². The van der Waals surface area contributed by atoms with Gasteiger partial charge < -0.3 is 5.53 Å². The van der Waals surface area contributed by atoms with Crippen molar-refractivity contribution in [3.05, 3.63) is 71.5 Å². The third-order valence-electron chi connectivity index (χ3n) is 5.19. The second-order valence-electron chi connectivity index (χ2n) is 5.98. The van der Waals surface area contributed by atoms with Crippen LogP contribution in [0.3, 0.4) is 0 Å². The fourth-order valence-corrected chi connectivity index (χ4v) is 4.42. The number of aromatic nitrogens is 1. The predicted molar refractivity (Wildman–Crippen MR) is 81.3 cm³/mol. The van der Waals surface area contributed by atoms with Gasteiger partial charge in [-0.25, -0.2) is 0 Å². The highest BCUT2D eigenvalue weighted by Crippen LogP contribution is 2.58. The first-order chi connectivity index (χ1) is 10.8. The zero-order chi connectivity index (χ0) is 15.2. The van der Waals surface area contributed by atoms with E-state index in [1.165, 1.54) is 0 Å². The van der Waals surface area contributed by atoms with Crippen LogP contribution in [0.25, 0.3) is 5.53 Å². The topological polar surface area (TPSA) is 66.4 Å². The normalized spacial score (nSPS) is 29.6. The molecule has 1 aromatic carbocycles. The Morgan fingerprint density at radius 2 is 1.77 bits per heavy atom. The van der Waals surface area contributed by atoms with Crippen LogP contribution in [0.4, 0.5) is 0 Å². The van der Waals surface area contributed by atoms with E-state index >= 15 is 0 Å². The lowest BCUT2D eigenvalue weighted by molar-refractivity contribution is -0.120. The molecule has 0 radical (unpaired) electrons. The van der Waals surface area contributed by atoms with Gasteiger partial charge in [0.25, 0.3) is 0 Å². The van der Waals surface area contributed by atoms with Crippen LogP contribution in [0.5, 0.6) is 0 Å². The Bertz CT molecular complexity index is 739. The molecule has 2 fully saturated rings. The van der Waals surface area contributed by atoms with Gasteiger partial charge in [0, 0.05) is 12.1 Å². The van der Waals surface area contributed by atoms with Crippen molar-refractivity contribution in [2.24, 2.45) is 11.8 Å². The third-order valence-corrected chi connectivity index (χ3v) is 5.19. The van der Waals surface area contributed by atoms with Gasteiger partial charge in [-0.2, -0.15) is 4.79 Å². The molecular formula is C18H15N3O. The summed E-state index contributed by atoms with van der Waals surface area (Å²) >= 11 is 0. The maximum Gasteiger partial charge on any atom is 0.339 e. The van der Waals surface area contributed by atoms with Crippen molar-refractivity contribution >= 4 is 11.5 Å². The number of carbonyl (C=O) groups is 1. The minimum absolute atomic E-state index is 0.0340. The van der Waals surface area contributed by atoms with Crippen molar-refractivity contribution in [2.75, 3.05) is 0 Å². The molecular weight excluding hydrogens is 274 g/mol. The molecule has 0 aliphatic heterocycles. The Labute approximate surface area is 128 Å². The number of Topliss-reactive ketones (excluding diaryl/α,β-unsaturated/α-hetero) is 1. The Morgan fingerprint density at radius 3 is 2.41 bits per heavy atom. The largest absolute Gasteiger partial charge is 0.361 e. The lowest BCUT2D eigenvalue weighted by Gasteiger charge is -2.32. The van der Waals surface area contributed by atoms with Gasteiger partial charge in [-0.15, -0.1) is 0 Å². The van der Waals surface area contributed by atoms with Crippen molar-refractivity contribution in [3.63, 3.8) is 0 Å². The number of benzene rings is 1. The number of hydrogen-bond donors (Lipinski definition) is 0. The Morgan fingerprint density at radius 1 is 1.05 bits per heavy atom. The number of ketones is 1. The van der Waals surface area contributed by atoms with Crippen LogP contribution in [0.2, 0.25) is 0 Å². The molecule has 2 aliphatic rings. The Hall–Kier alpha value is -2.58. The number of pyridine rings is 1. The summed E-state index contributed by atoms with van der Waals surface area (Å²) in [5, 5.41) is 0. The summed E-state index contributed by atoms with van der Waals surface area (Å²) in [6.07, 6.45) is 3.42. The number of fused-ring (bicyclic) bond motifs is 2. The fraction of sp³-hybridized carbons (Fsp3) is 0.278. The second-order valence-corrected chi connectivity index (χ2v) is 5.98. The first kappa shape index (κ1) is 13.1. The summed E-state index contributed by atoms with van der Waals surface area (Å²) in [5.41, 5.74) is 11.1. The molecule has 2 aromatic rings. The van der Waals surface area contributed by atoms with Crippen molar-refractivity contribution in [2.45, 2.75) is 18.3 Å². The van der Waals surface area contributed by atoms with E-state index in [2.05, 4.69) is 9.77 Å². The van der Waals surface area contributed by atoms with Gasteiger partial charge in [-0.1, -0.05) is 36.4 Å². The fourth-order valence-electron chi connectivity index (χ4n) is 4.42. The highest BCUT2D eigenvalue weighted by molar-refractivity contribution is 6.43. The summed E-state index contributed by atoms with van der Waals surface area (Å²) in [5.74, 6) is -0.332. The average Bonchev–Trinajstić information content (AvgIpc) is 3.08. The number of rotatable bonds is 2. The SMILES string of the molecule is [N-]=[N+]=C1C(=O)[C@@H]2CC[C@H]1[C@]2(c1ccccc1)c1ccccn1. The van der Waals surface area contributed by atoms with E-state index in [9.17, 15) is 10.3 Å². The number of carbonyl (C=O) groups excluding carboxylic acids is 1. The molecule has 108 valence electrons. The summed E-state index contributed by atoms with van der Waals surface area (Å²) < 4.78 is 0. The maximum absolute atomic E-state index is 12.6. The van der Waals surface area contributed by atoms with Crippen LogP contribution in [0, 0.1) is 11.8 Å². The van der Waals surface area contributed by atoms with Gasteiger partial charge >= 0.3 is 5.71 Å². The highest BCUT2D eigenvalue weighted by Gasteiger charge is 2.68. The van der Waals surface area contributed by atoms with Gasteiger partial charge in [0.15, 0.2) is 0 Å². The van der Waals surface area contributed by atoms with Crippen LogP contribution < -0.4 is 0 Å². The molecule has 0 saturated heterocycles. The lowest BCUT2D eigenvalue weighted by atomic mass is 9.69. The molecule has 1 heterocycles. The zero-order valence-electron chi connectivity index (χ0n) is 12.0. The first-order valence-electron chi connectivity index (χ1n) is 7.53. The molecule has 22 heavy (non-hydrogen) atoms. The second kappa shape index (κ2) is 4.72. The molecule has 4 heteroatoms. The Kier molecular flexibility index (Phi) is 2.81. The summed E-state index contributed by atoms with van der Waals surface area (Å²) in [7, 11) is 0. The van der Waals surface area contributed by atoms with Gasteiger partial charge in [-0.3, -0.25) is 9.78 Å². The van der Waals surface area contributed by atoms with Crippen molar-refractivity contribution in [1.82, 2.24) is 4.98 Å². The molecule has 2 saturated carbocycles. The van der Waals surface area contributed by atoms with E-state index in [0.29, 0.717) is 5.71 Å². The summed E-state index contributed by atoms with van der Waals surface area (Å²) in [6.45, 7) is 0. The van der Waals surface area contributed by atoms with Crippen LogP contribution in [0.15, 0.2) is 54.7 Å². The lowest BCUT2D eigenvalue weighted by Crippen LogP contribution is -2.35. The van der Waals surface area contributed by atoms with Crippen molar-refractivity contribution in [3.8, 4) is 0 Å². The first-order valence-corrected chi connectivity index (χ1v) is 7.53. The molecule has 1 aromatic heterocycles. The minimum Gasteiger partial charge on any atom is -0.361 e. The zero-order valence-corrected chi connectivity index (χ0v) is 12.0. The van der Waals surface area contributed by atoms with Crippen molar-refractivity contribution in [1.29, 1.82) is 0 Å². The molecule has 4 nitrogen and oxygen atoms in total. The van der Waals surface area contributed by atoms with E-state index in [0.717, 1.165) is 24.1 Å². The van der Waals surface area contributed by atoms with Gasteiger partial charge in [-0.05, 0) is 30.5 Å². The van der Waals surface area contributed by atoms with Crippen LogP contribution in [0.1, 0.15) is 24.1 Å². The molecule has 4 rings (SSSR count). The molecule has 2 bridgehead atoms. The van der Waals surface area contributed by atoms with Gasteiger partial charge in [0.2, 0.25) is 5.78 Å². The van der Waals surface area contributed by atoms with Gasteiger partial charge in [0.1, 0.15) is 0 Å². The smallest absolute Gasteiger partial charge is 0.339 e. The molecule has 0 unspecified atom stereocenters. The van der Waals surface area contributed by atoms with Crippen LogP contribution in [-0.4, -0.2) is 21.3 Å². The molecule has 0 amide bonds. The average molecular weight is 289 g/mol. The third kappa shape index (κ3) is 1.48. The standard InChI is InChI=1S/C18H15N3O/c19-21-16-13-9-10-14(17(16)22)18(13,12-6-2-1-3-7-12)15-8-4-5-11-20-15/h1-8,11,13-14H,9-10H2/t13-,14+,18+/m1/s1. The summed E-state index contributed by atoms with van der Waals surface area (Å²) in [6, 6.07) is 15.8. The molecule has 0 N–H and O–H groups in total. The quantitative estimate of drug-likeness (QED) is 0.630. The molecule has 3 atom stereocenters. The summed E-state index contributed by atoms with van der Waals surface area (Å²) in [4.78, 5) is 20.5. The maximum atomic E-state index is 12.6. The predicted octanol–water partition coefficient (Wildman–Crippen LogP) is 2.65. The Balaban J connectivity index is 2.04. The monoisotopic (exact) mass is 289 g/mol. The van der Waals surface area contributed by atoms with E-state index < -0.39 is 5.41 Å². The van der Waals surface area contributed by atoms with Crippen LogP contribution >= 0.6 is 0 Å². The molecule has 0 spiro atoms. The van der Waals surface area contributed by atoms with Crippen LogP contribution in [-0.2, 0) is 10.2 Å². The number of hydrogen-bond acceptors (Lipinski definition) is 2. The van der Waals surface area contributed by atoms with E-state index in [-0.39, 0.29) is 17.6 Å². The highest BCUT2D eigenvalue weighted by atomic mass is 16.1.